The first-order valence-corrected chi connectivity index (χ1v) is 7.40. The van der Waals surface area contributed by atoms with Gasteiger partial charge in [0.15, 0.2) is 0 Å². The number of carboxylic acid groups (broad SMARTS) is 1. The van der Waals surface area contributed by atoms with Crippen LogP contribution in [0.15, 0.2) is 30.7 Å². The maximum absolute atomic E-state index is 11.0. The molecule has 0 fully saturated rings. The zero-order valence-electron chi connectivity index (χ0n) is 13.4. The van der Waals surface area contributed by atoms with Crippen LogP contribution < -0.4 is 0 Å². The van der Waals surface area contributed by atoms with Crippen molar-refractivity contribution in [3.05, 3.63) is 47.7 Å². The Morgan fingerprint density at radius 2 is 2.04 bits per heavy atom. The molecule has 3 aromatic rings. The molecule has 3 heterocycles. The maximum atomic E-state index is 11.0. The van der Waals surface area contributed by atoms with Crippen LogP contribution in [-0.4, -0.2) is 35.5 Å². The highest BCUT2D eigenvalue weighted by Crippen LogP contribution is 2.19. The summed E-state index contributed by atoms with van der Waals surface area (Å²) in [6, 6.07) is 3.11. The summed E-state index contributed by atoms with van der Waals surface area (Å²) in [5.74, 6) is -0.958. The molecule has 1 N–H and O–H groups in total. The predicted molar refractivity (Wildman–Crippen MR) is 84.4 cm³/mol. The molecular formula is C16H19N5O2. The second kappa shape index (κ2) is 5.49. The summed E-state index contributed by atoms with van der Waals surface area (Å²) in [7, 11) is 0. The van der Waals surface area contributed by atoms with Crippen LogP contribution in [0.2, 0.25) is 0 Å². The molecule has 0 unspecified atom stereocenters. The standard InChI is InChI=1S/C16H19N5O2/c1-16(2,3)7-12-9-21(19-18-12)10-13-8-20-5-4-11(15(22)23)6-14(20)17-13/h4-6,8-9H,7,10H2,1-3H3,(H,22,23). The molecular weight excluding hydrogens is 294 g/mol. The first-order valence-electron chi connectivity index (χ1n) is 7.40. The number of hydrogen-bond donors (Lipinski definition) is 1. The Bertz CT molecular complexity index is 857. The minimum atomic E-state index is -0.958. The first-order chi connectivity index (χ1) is 10.8. The van der Waals surface area contributed by atoms with Gasteiger partial charge in [-0.15, -0.1) is 5.10 Å². The van der Waals surface area contributed by atoms with Crippen LogP contribution in [0.5, 0.6) is 0 Å². The summed E-state index contributed by atoms with van der Waals surface area (Å²) >= 11 is 0. The van der Waals surface area contributed by atoms with Gasteiger partial charge >= 0.3 is 5.97 Å². The third-order valence-corrected chi connectivity index (χ3v) is 3.38. The first kappa shape index (κ1) is 15.2. The Hall–Kier alpha value is -2.70. The van der Waals surface area contributed by atoms with Gasteiger partial charge in [0.25, 0.3) is 0 Å². The highest BCUT2D eigenvalue weighted by atomic mass is 16.4. The summed E-state index contributed by atoms with van der Waals surface area (Å²) in [6.45, 7) is 6.98. The third kappa shape index (κ3) is 3.56. The Balaban J connectivity index is 1.80. The van der Waals surface area contributed by atoms with E-state index in [1.807, 2.05) is 12.4 Å². The molecule has 0 spiro atoms. The Kier molecular flexibility index (Phi) is 3.63. The van der Waals surface area contributed by atoms with Gasteiger partial charge < -0.3 is 9.51 Å². The van der Waals surface area contributed by atoms with Crippen molar-refractivity contribution in [2.24, 2.45) is 5.41 Å². The highest BCUT2D eigenvalue weighted by Gasteiger charge is 2.14. The largest absolute Gasteiger partial charge is 0.478 e. The van der Waals surface area contributed by atoms with E-state index in [4.69, 9.17) is 5.11 Å². The van der Waals surface area contributed by atoms with Crippen molar-refractivity contribution in [1.29, 1.82) is 0 Å². The van der Waals surface area contributed by atoms with Crippen molar-refractivity contribution >= 4 is 11.6 Å². The lowest BCUT2D eigenvalue weighted by atomic mass is 9.91. The number of carbonyl (C=O) groups is 1. The third-order valence-electron chi connectivity index (χ3n) is 3.38. The molecule has 0 aliphatic carbocycles. The van der Waals surface area contributed by atoms with Gasteiger partial charge in [0.2, 0.25) is 0 Å². The summed E-state index contributed by atoms with van der Waals surface area (Å²) < 4.78 is 3.55. The zero-order chi connectivity index (χ0) is 16.6. The van der Waals surface area contributed by atoms with Crippen molar-refractivity contribution in [1.82, 2.24) is 24.4 Å². The predicted octanol–water partition coefficient (Wildman–Crippen LogP) is 2.26. The van der Waals surface area contributed by atoms with Gasteiger partial charge in [-0.25, -0.2) is 14.5 Å². The van der Waals surface area contributed by atoms with E-state index >= 15 is 0 Å². The van der Waals surface area contributed by atoms with Crippen molar-refractivity contribution < 1.29 is 9.90 Å². The van der Waals surface area contributed by atoms with Crippen LogP contribution in [-0.2, 0) is 13.0 Å². The van der Waals surface area contributed by atoms with E-state index in [1.54, 1.807) is 27.4 Å². The van der Waals surface area contributed by atoms with Crippen molar-refractivity contribution in [3.8, 4) is 0 Å². The molecule has 0 radical (unpaired) electrons. The average molecular weight is 313 g/mol. The lowest BCUT2D eigenvalue weighted by Crippen LogP contribution is -2.09. The normalized spacial score (nSPS) is 12.0. The number of carboxylic acids is 1. The SMILES string of the molecule is CC(C)(C)Cc1cn(Cc2cn3ccc(C(=O)O)cc3n2)nn1. The summed E-state index contributed by atoms with van der Waals surface area (Å²) in [4.78, 5) is 15.4. The van der Waals surface area contributed by atoms with Gasteiger partial charge in [-0.05, 0) is 24.0 Å². The molecule has 0 amide bonds. The smallest absolute Gasteiger partial charge is 0.335 e. The number of rotatable bonds is 4. The fourth-order valence-corrected chi connectivity index (χ4v) is 2.45. The Morgan fingerprint density at radius 3 is 2.74 bits per heavy atom. The molecule has 0 bridgehead atoms. The van der Waals surface area contributed by atoms with Crippen LogP contribution >= 0.6 is 0 Å². The quantitative estimate of drug-likeness (QED) is 0.798. The fraction of sp³-hybridized carbons (Fsp3) is 0.375. The fourth-order valence-electron chi connectivity index (χ4n) is 2.45. The molecule has 0 aliphatic rings. The molecule has 3 aromatic heterocycles. The summed E-state index contributed by atoms with van der Waals surface area (Å²) in [5, 5.41) is 17.3. The number of nitrogens with zero attached hydrogens (tertiary/aromatic N) is 5. The maximum Gasteiger partial charge on any atom is 0.335 e. The van der Waals surface area contributed by atoms with Gasteiger partial charge in [0, 0.05) is 18.6 Å². The topological polar surface area (TPSA) is 85.3 Å². The van der Waals surface area contributed by atoms with Crippen LogP contribution in [0.4, 0.5) is 0 Å². The van der Waals surface area contributed by atoms with E-state index < -0.39 is 5.97 Å². The summed E-state index contributed by atoms with van der Waals surface area (Å²) in [6.07, 6.45) is 6.35. The zero-order valence-corrected chi connectivity index (χ0v) is 13.4. The highest BCUT2D eigenvalue weighted by molar-refractivity contribution is 5.88. The molecule has 0 saturated heterocycles. The number of fused-ring (bicyclic) bond motifs is 1. The number of aromatic carboxylic acids is 1. The van der Waals surface area contributed by atoms with Crippen LogP contribution in [0.3, 0.4) is 0 Å². The number of aromatic nitrogens is 5. The van der Waals surface area contributed by atoms with E-state index in [2.05, 4.69) is 36.1 Å². The average Bonchev–Trinajstić information content (AvgIpc) is 3.02. The molecule has 3 rings (SSSR count). The number of hydrogen-bond acceptors (Lipinski definition) is 4. The van der Waals surface area contributed by atoms with E-state index in [0.29, 0.717) is 12.2 Å². The molecule has 0 atom stereocenters. The minimum absolute atomic E-state index is 0.164. The monoisotopic (exact) mass is 313 g/mol. The van der Waals surface area contributed by atoms with E-state index in [1.165, 1.54) is 0 Å². The van der Waals surface area contributed by atoms with E-state index in [-0.39, 0.29) is 11.0 Å². The lowest BCUT2D eigenvalue weighted by molar-refractivity contribution is 0.0697. The molecule has 7 heteroatoms. The van der Waals surface area contributed by atoms with Crippen LogP contribution in [0.1, 0.15) is 42.5 Å². The molecule has 7 nitrogen and oxygen atoms in total. The van der Waals surface area contributed by atoms with Crippen molar-refractivity contribution in [3.63, 3.8) is 0 Å². The van der Waals surface area contributed by atoms with Crippen LogP contribution in [0, 0.1) is 5.41 Å². The second-order valence-electron chi connectivity index (χ2n) is 6.86. The lowest BCUT2D eigenvalue weighted by Gasteiger charge is -2.15. The van der Waals surface area contributed by atoms with Crippen molar-refractivity contribution in [2.45, 2.75) is 33.7 Å². The number of imidazole rings is 1. The van der Waals surface area contributed by atoms with E-state index in [0.717, 1.165) is 17.8 Å². The minimum Gasteiger partial charge on any atom is -0.478 e. The van der Waals surface area contributed by atoms with Crippen molar-refractivity contribution in [2.75, 3.05) is 0 Å². The Labute approximate surface area is 133 Å². The molecule has 0 aliphatic heterocycles. The van der Waals surface area contributed by atoms with Gasteiger partial charge in [-0.2, -0.15) is 0 Å². The molecule has 23 heavy (non-hydrogen) atoms. The molecule has 0 aromatic carbocycles. The van der Waals surface area contributed by atoms with Gasteiger partial charge in [0.05, 0.1) is 23.5 Å². The van der Waals surface area contributed by atoms with E-state index in [9.17, 15) is 4.79 Å². The van der Waals surface area contributed by atoms with Crippen LogP contribution in [0.25, 0.3) is 5.65 Å². The van der Waals surface area contributed by atoms with Gasteiger partial charge in [0.1, 0.15) is 5.65 Å². The van der Waals surface area contributed by atoms with Gasteiger partial charge in [-0.1, -0.05) is 26.0 Å². The Morgan fingerprint density at radius 1 is 1.26 bits per heavy atom. The summed E-state index contributed by atoms with van der Waals surface area (Å²) in [5.41, 5.74) is 2.75. The number of pyridine rings is 1. The second-order valence-corrected chi connectivity index (χ2v) is 6.86. The molecule has 120 valence electrons. The molecule has 0 saturated carbocycles. The van der Waals surface area contributed by atoms with Gasteiger partial charge in [-0.3, -0.25) is 0 Å².